The van der Waals surface area contributed by atoms with Crippen molar-refractivity contribution in [3.05, 3.63) is 50.8 Å². The third kappa shape index (κ3) is 5.35. The van der Waals surface area contributed by atoms with E-state index in [0.29, 0.717) is 12.2 Å². The summed E-state index contributed by atoms with van der Waals surface area (Å²) in [6.45, 7) is 3.70. The van der Waals surface area contributed by atoms with Crippen LogP contribution in [0.2, 0.25) is 5.02 Å². The second-order valence-electron chi connectivity index (χ2n) is 5.36. The Kier molecular flexibility index (Phi) is 6.31. The second-order valence-corrected chi connectivity index (χ2v) is 6.59. The van der Waals surface area contributed by atoms with Crippen LogP contribution in [0.25, 0.3) is 0 Å². The first-order valence-electron chi connectivity index (χ1n) is 7.27. The number of hydrogen-bond donors (Lipinski definition) is 1. The fourth-order valence-electron chi connectivity index (χ4n) is 2.00. The smallest absolute Gasteiger partial charge is 0.366 e. The molecule has 8 heteroatoms. The molecule has 1 aromatic carbocycles. The first-order chi connectivity index (χ1) is 11.7. The topological polar surface area (TPSA) is 37.8 Å². The average Bonchev–Trinajstić information content (AvgIpc) is 2.52. The van der Waals surface area contributed by atoms with Crippen LogP contribution in [0, 0.1) is 18.8 Å². The van der Waals surface area contributed by atoms with Gasteiger partial charge in [0.25, 0.3) is 0 Å². The van der Waals surface area contributed by atoms with Crippen molar-refractivity contribution < 1.29 is 13.2 Å². The van der Waals surface area contributed by atoms with E-state index >= 15 is 0 Å². The zero-order chi connectivity index (χ0) is 18.6. The minimum atomic E-state index is -4.50. The van der Waals surface area contributed by atoms with E-state index in [-0.39, 0.29) is 16.6 Å². The minimum Gasteiger partial charge on any atom is -0.366 e. The van der Waals surface area contributed by atoms with Crippen LogP contribution in [0.4, 0.5) is 19.0 Å². The summed E-state index contributed by atoms with van der Waals surface area (Å²) in [5, 5.41) is 3.17. The van der Waals surface area contributed by atoms with Crippen LogP contribution >= 0.6 is 27.5 Å². The molecule has 1 heterocycles. The van der Waals surface area contributed by atoms with Gasteiger partial charge in [0.1, 0.15) is 12.1 Å². The number of nitrogens with one attached hydrogen (secondary N) is 1. The maximum absolute atomic E-state index is 13.0. The molecular weight excluding hydrogens is 419 g/mol. The Morgan fingerprint density at radius 3 is 2.72 bits per heavy atom. The van der Waals surface area contributed by atoms with Crippen molar-refractivity contribution in [1.82, 2.24) is 9.97 Å². The van der Waals surface area contributed by atoms with Gasteiger partial charge in [0.15, 0.2) is 0 Å². The molecule has 1 atom stereocenters. The van der Waals surface area contributed by atoms with Gasteiger partial charge in [-0.2, -0.15) is 13.2 Å². The molecule has 0 radical (unpaired) electrons. The van der Waals surface area contributed by atoms with E-state index in [2.05, 4.69) is 43.1 Å². The van der Waals surface area contributed by atoms with E-state index in [9.17, 15) is 13.2 Å². The van der Waals surface area contributed by atoms with Crippen LogP contribution in [0.3, 0.4) is 0 Å². The fraction of sp³-hybridized carbons (Fsp3) is 0.294. The largest absolute Gasteiger partial charge is 0.417 e. The van der Waals surface area contributed by atoms with Gasteiger partial charge in [-0.3, -0.25) is 0 Å². The van der Waals surface area contributed by atoms with Crippen molar-refractivity contribution in [2.24, 2.45) is 0 Å². The lowest BCUT2D eigenvalue weighted by Gasteiger charge is -2.13. The standard InChI is InChI=1S/C17H14BrClF3N3/c1-10(25-16-15(18)11(2)23-9-24-16)4-3-5-12-6-7-13(19)8-14(12)17(20,21)22/h6-10H,4H2,1-2H3,(H,23,24,25). The Bertz CT molecular complexity index is 828. The van der Waals surface area contributed by atoms with Crippen molar-refractivity contribution in [2.45, 2.75) is 32.5 Å². The van der Waals surface area contributed by atoms with Gasteiger partial charge >= 0.3 is 6.18 Å². The van der Waals surface area contributed by atoms with Crippen LogP contribution in [-0.2, 0) is 6.18 Å². The lowest BCUT2D eigenvalue weighted by Crippen LogP contribution is -2.16. The fourth-order valence-corrected chi connectivity index (χ4v) is 2.49. The van der Waals surface area contributed by atoms with Crippen LogP contribution in [0.1, 0.15) is 30.2 Å². The minimum absolute atomic E-state index is 0.0249. The number of anilines is 1. The predicted molar refractivity (Wildman–Crippen MR) is 95.5 cm³/mol. The normalized spacial score (nSPS) is 12.3. The Labute approximate surface area is 157 Å². The van der Waals surface area contributed by atoms with Crippen LogP contribution in [-0.4, -0.2) is 16.0 Å². The molecular formula is C17H14BrClF3N3. The highest BCUT2D eigenvalue weighted by molar-refractivity contribution is 9.10. The lowest BCUT2D eigenvalue weighted by atomic mass is 10.1. The molecule has 0 aliphatic carbocycles. The number of nitrogens with zero attached hydrogens (tertiary/aromatic N) is 2. The summed E-state index contributed by atoms with van der Waals surface area (Å²) >= 11 is 9.04. The highest BCUT2D eigenvalue weighted by Gasteiger charge is 2.33. The summed E-state index contributed by atoms with van der Waals surface area (Å²) in [5.41, 5.74) is -0.141. The summed E-state index contributed by atoms with van der Waals surface area (Å²) in [6, 6.07) is 3.44. The third-order valence-corrected chi connectivity index (χ3v) is 4.45. The van der Waals surface area contributed by atoms with Gasteiger partial charge in [-0.1, -0.05) is 23.4 Å². The third-order valence-electron chi connectivity index (χ3n) is 3.27. The van der Waals surface area contributed by atoms with Gasteiger partial charge in [0.05, 0.1) is 15.7 Å². The number of rotatable bonds is 3. The highest BCUT2D eigenvalue weighted by atomic mass is 79.9. The second kappa shape index (κ2) is 8.07. The summed E-state index contributed by atoms with van der Waals surface area (Å²) < 4.78 is 39.8. The van der Waals surface area contributed by atoms with E-state index in [1.807, 2.05) is 13.8 Å². The molecule has 3 nitrogen and oxygen atoms in total. The van der Waals surface area contributed by atoms with Gasteiger partial charge < -0.3 is 5.32 Å². The number of aryl methyl sites for hydroxylation is 1. The summed E-state index contributed by atoms with van der Waals surface area (Å²) in [7, 11) is 0. The van der Waals surface area contributed by atoms with E-state index in [1.54, 1.807) is 0 Å². The maximum atomic E-state index is 13.0. The van der Waals surface area contributed by atoms with Gasteiger partial charge in [-0.15, -0.1) is 0 Å². The van der Waals surface area contributed by atoms with Crippen LogP contribution < -0.4 is 5.32 Å². The molecule has 0 aliphatic heterocycles. The Balaban J connectivity index is 2.11. The van der Waals surface area contributed by atoms with E-state index in [1.165, 1.54) is 18.5 Å². The molecule has 0 saturated carbocycles. The number of halogens is 5. The number of hydrogen-bond acceptors (Lipinski definition) is 3. The van der Waals surface area contributed by atoms with Crippen molar-refractivity contribution in [1.29, 1.82) is 0 Å². The Morgan fingerprint density at radius 2 is 2.04 bits per heavy atom. The molecule has 0 spiro atoms. The molecule has 0 aliphatic rings. The first kappa shape index (κ1) is 19.5. The molecule has 0 bridgehead atoms. The molecule has 2 aromatic rings. The molecule has 1 N–H and O–H groups in total. The molecule has 1 aromatic heterocycles. The predicted octanol–water partition coefficient (Wildman–Crippen LogP) is 5.46. The van der Waals surface area contributed by atoms with Gasteiger partial charge in [-0.25, -0.2) is 9.97 Å². The molecule has 1 unspecified atom stereocenters. The number of benzene rings is 1. The molecule has 0 fully saturated rings. The zero-order valence-electron chi connectivity index (χ0n) is 13.4. The van der Waals surface area contributed by atoms with E-state index < -0.39 is 11.7 Å². The van der Waals surface area contributed by atoms with Crippen molar-refractivity contribution in [3.63, 3.8) is 0 Å². The van der Waals surface area contributed by atoms with E-state index in [0.717, 1.165) is 16.2 Å². The number of alkyl halides is 3. The molecule has 2 rings (SSSR count). The average molecular weight is 433 g/mol. The van der Waals surface area contributed by atoms with Gasteiger partial charge in [-0.05, 0) is 48.0 Å². The van der Waals surface area contributed by atoms with Crippen molar-refractivity contribution in [2.75, 3.05) is 5.32 Å². The highest BCUT2D eigenvalue weighted by Crippen LogP contribution is 2.33. The quantitative estimate of drug-likeness (QED) is 0.654. The van der Waals surface area contributed by atoms with Crippen molar-refractivity contribution >= 4 is 33.3 Å². The molecule has 132 valence electrons. The monoisotopic (exact) mass is 431 g/mol. The molecule has 0 amide bonds. The van der Waals surface area contributed by atoms with Gasteiger partial charge in [0, 0.05) is 23.0 Å². The summed E-state index contributed by atoms with van der Waals surface area (Å²) in [4.78, 5) is 8.17. The molecule has 0 saturated heterocycles. The maximum Gasteiger partial charge on any atom is 0.417 e. The summed E-state index contributed by atoms with van der Waals surface area (Å²) in [6.07, 6.45) is -2.72. The lowest BCUT2D eigenvalue weighted by molar-refractivity contribution is -0.137. The van der Waals surface area contributed by atoms with Gasteiger partial charge in [0.2, 0.25) is 0 Å². The zero-order valence-corrected chi connectivity index (χ0v) is 15.7. The van der Waals surface area contributed by atoms with Crippen LogP contribution in [0.5, 0.6) is 0 Å². The molecule has 25 heavy (non-hydrogen) atoms. The Hall–Kier alpha value is -1.78. The summed E-state index contributed by atoms with van der Waals surface area (Å²) in [5.74, 6) is 5.97. The van der Waals surface area contributed by atoms with E-state index in [4.69, 9.17) is 11.6 Å². The SMILES string of the molecule is Cc1ncnc(NC(C)CC#Cc2ccc(Cl)cc2C(F)(F)F)c1Br. The number of aromatic nitrogens is 2. The first-order valence-corrected chi connectivity index (χ1v) is 8.45. The van der Waals surface area contributed by atoms with Crippen LogP contribution in [0.15, 0.2) is 29.0 Å². The Morgan fingerprint density at radius 1 is 1.32 bits per heavy atom. The van der Waals surface area contributed by atoms with Crippen molar-refractivity contribution in [3.8, 4) is 11.8 Å².